The minimum absolute atomic E-state index is 0.199. The third-order valence-corrected chi connectivity index (χ3v) is 2.11. The Balaban J connectivity index is 2.41. The first kappa shape index (κ1) is 8.38. The lowest BCUT2D eigenvalue weighted by molar-refractivity contribution is 0.343. The van der Waals surface area contributed by atoms with Gasteiger partial charge in [-0.2, -0.15) is 0 Å². The van der Waals surface area contributed by atoms with Crippen LogP contribution in [0.2, 0.25) is 0 Å². The summed E-state index contributed by atoms with van der Waals surface area (Å²) in [6.07, 6.45) is 0.199. The molecule has 3 heteroatoms. The topological polar surface area (TPSA) is 31.0 Å². The highest BCUT2D eigenvalue weighted by atomic mass is 16.6. The van der Waals surface area contributed by atoms with E-state index in [4.69, 9.17) is 14.2 Å². The molecule has 70 valence electrons. The van der Waals surface area contributed by atoms with Crippen molar-refractivity contribution in [3.8, 4) is 11.5 Å². The van der Waals surface area contributed by atoms with E-state index in [1.807, 2.05) is 18.2 Å². The first-order valence-electron chi connectivity index (χ1n) is 4.19. The van der Waals surface area contributed by atoms with Crippen LogP contribution >= 0.6 is 0 Å². The molecular formula is C10H12O3. The summed E-state index contributed by atoms with van der Waals surface area (Å²) < 4.78 is 15.6. The summed E-state index contributed by atoms with van der Waals surface area (Å²) in [5, 5.41) is 0. The van der Waals surface area contributed by atoms with Crippen molar-refractivity contribution in [1.82, 2.24) is 0 Å². The standard InChI is InChI=1S/C10H12O3/c1-11-8-5-3-4-7(9-6-13-9)10(8)12-2/h3-5,9H,6H2,1-2H3/t9-/m0/s1. The quantitative estimate of drug-likeness (QED) is 0.664. The molecule has 0 aliphatic carbocycles. The van der Waals surface area contributed by atoms with E-state index in [0.717, 1.165) is 23.7 Å². The molecule has 1 aliphatic rings. The molecule has 0 spiro atoms. The van der Waals surface area contributed by atoms with Crippen LogP contribution in [-0.4, -0.2) is 20.8 Å². The molecule has 0 aromatic heterocycles. The summed E-state index contributed by atoms with van der Waals surface area (Å²) in [5.41, 5.74) is 1.07. The number of benzene rings is 1. The fourth-order valence-electron chi connectivity index (χ4n) is 1.39. The molecule has 0 N–H and O–H groups in total. The maximum absolute atomic E-state index is 5.26. The smallest absolute Gasteiger partial charge is 0.166 e. The lowest BCUT2D eigenvalue weighted by Gasteiger charge is -2.10. The maximum Gasteiger partial charge on any atom is 0.166 e. The molecule has 13 heavy (non-hydrogen) atoms. The Morgan fingerprint density at radius 3 is 2.62 bits per heavy atom. The third kappa shape index (κ3) is 1.47. The van der Waals surface area contributed by atoms with Gasteiger partial charge in [0.1, 0.15) is 6.10 Å². The van der Waals surface area contributed by atoms with E-state index < -0.39 is 0 Å². The predicted octanol–water partition coefficient (Wildman–Crippen LogP) is 1.78. The molecular weight excluding hydrogens is 168 g/mol. The molecule has 0 radical (unpaired) electrons. The van der Waals surface area contributed by atoms with Gasteiger partial charge in [0.2, 0.25) is 0 Å². The summed E-state index contributed by atoms with van der Waals surface area (Å²) >= 11 is 0. The largest absolute Gasteiger partial charge is 0.493 e. The number of epoxide rings is 1. The lowest BCUT2D eigenvalue weighted by Crippen LogP contribution is -1.94. The van der Waals surface area contributed by atoms with Crippen LogP contribution in [0.5, 0.6) is 11.5 Å². The summed E-state index contributed by atoms with van der Waals surface area (Å²) in [5.74, 6) is 1.54. The number of rotatable bonds is 3. The summed E-state index contributed by atoms with van der Waals surface area (Å²) in [7, 11) is 3.28. The Labute approximate surface area is 77.2 Å². The van der Waals surface area contributed by atoms with E-state index in [2.05, 4.69) is 0 Å². The molecule has 2 rings (SSSR count). The van der Waals surface area contributed by atoms with Crippen LogP contribution in [0.4, 0.5) is 0 Å². The van der Waals surface area contributed by atoms with E-state index in [0.29, 0.717) is 0 Å². The molecule has 0 saturated carbocycles. The number of para-hydroxylation sites is 1. The summed E-state index contributed by atoms with van der Waals surface area (Å²) in [4.78, 5) is 0. The van der Waals surface area contributed by atoms with Crippen LogP contribution in [0.3, 0.4) is 0 Å². The van der Waals surface area contributed by atoms with Crippen molar-refractivity contribution in [2.75, 3.05) is 20.8 Å². The van der Waals surface area contributed by atoms with Gasteiger partial charge in [-0.1, -0.05) is 12.1 Å². The molecule has 0 unspecified atom stereocenters. The van der Waals surface area contributed by atoms with Gasteiger partial charge in [0.05, 0.1) is 20.8 Å². The van der Waals surface area contributed by atoms with E-state index in [1.165, 1.54) is 0 Å². The molecule has 3 nitrogen and oxygen atoms in total. The Morgan fingerprint density at radius 2 is 2.08 bits per heavy atom. The Morgan fingerprint density at radius 1 is 1.31 bits per heavy atom. The van der Waals surface area contributed by atoms with Gasteiger partial charge in [-0.25, -0.2) is 0 Å². The number of methoxy groups -OCH3 is 2. The van der Waals surface area contributed by atoms with Gasteiger partial charge in [0.25, 0.3) is 0 Å². The van der Waals surface area contributed by atoms with Crippen molar-refractivity contribution in [3.63, 3.8) is 0 Å². The Hall–Kier alpha value is -1.22. The fraction of sp³-hybridized carbons (Fsp3) is 0.400. The van der Waals surface area contributed by atoms with Crippen LogP contribution in [0.25, 0.3) is 0 Å². The third-order valence-electron chi connectivity index (χ3n) is 2.11. The minimum Gasteiger partial charge on any atom is -0.493 e. The van der Waals surface area contributed by atoms with Crippen molar-refractivity contribution in [3.05, 3.63) is 23.8 Å². The highest BCUT2D eigenvalue weighted by Gasteiger charge is 2.29. The van der Waals surface area contributed by atoms with Gasteiger partial charge in [0, 0.05) is 5.56 Å². The number of hydrogen-bond acceptors (Lipinski definition) is 3. The molecule has 1 heterocycles. The zero-order chi connectivity index (χ0) is 9.26. The molecule has 0 bridgehead atoms. The van der Waals surface area contributed by atoms with E-state index in [-0.39, 0.29) is 6.10 Å². The summed E-state index contributed by atoms with van der Waals surface area (Å²) in [6, 6.07) is 5.82. The number of hydrogen-bond donors (Lipinski definition) is 0. The lowest BCUT2D eigenvalue weighted by atomic mass is 10.1. The fourth-order valence-corrected chi connectivity index (χ4v) is 1.39. The van der Waals surface area contributed by atoms with Crippen LogP contribution in [0, 0.1) is 0 Å². The van der Waals surface area contributed by atoms with Crippen LogP contribution in [0.15, 0.2) is 18.2 Å². The second-order valence-corrected chi connectivity index (χ2v) is 2.90. The molecule has 1 atom stereocenters. The van der Waals surface area contributed by atoms with Gasteiger partial charge >= 0.3 is 0 Å². The van der Waals surface area contributed by atoms with Crippen molar-refractivity contribution in [1.29, 1.82) is 0 Å². The monoisotopic (exact) mass is 180 g/mol. The molecule has 1 saturated heterocycles. The SMILES string of the molecule is COc1cccc([C@@H]2CO2)c1OC. The molecule has 1 aromatic rings. The van der Waals surface area contributed by atoms with E-state index >= 15 is 0 Å². The van der Waals surface area contributed by atoms with Crippen LogP contribution in [-0.2, 0) is 4.74 Å². The second-order valence-electron chi connectivity index (χ2n) is 2.90. The second kappa shape index (κ2) is 3.26. The average Bonchev–Trinajstić information content (AvgIpc) is 2.99. The zero-order valence-electron chi connectivity index (χ0n) is 7.74. The maximum atomic E-state index is 5.26. The first-order chi connectivity index (χ1) is 6.36. The highest BCUT2D eigenvalue weighted by Crippen LogP contribution is 2.40. The zero-order valence-corrected chi connectivity index (χ0v) is 7.74. The molecule has 1 fully saturated rings. The van der Waals surface area contributed by atoms with Crippen LogP contribution in [0.1, 0.15) is 11.7 Å². The molecule has 0 amide bonds. The highest BCUT2D eigenvalue weighted by molar-refractivity contribution is 5.48. The van der Waals surface area contributed by atoms with Gasteiger partial charge in [-0.05, 0) is 6.07 Å². The minimum atomic E-state index is 0.199. The van der Waals surface area contributed by atoms with Crippen molar-refractivity contribution in [2.45, 2.75) is 6.10 Å². The Kier molecular flexibility index (Phi) is 2.10. The average molecular weight is 180 g/mol. The summed E-state index contributed by atoms with van der Waals surface area (Å²) in [6.45, 7) is 0.781. The van der Waals surface area contributed by atoms with Gasteiger partial charge in [-0.3, -0.25) is 0 Å². The van der Waals surface area contributed by atoms with E-state index in [1.54, 1.807) is 14.2 Å². The van der Waals surface area contributed by atoms with Crippen molar-refractivity contribution >= 4 is 0 Å². The number of ether oxygens (including phenoxy) is 3. The van der Waals surface area contributed by atoms with Gasteiger partial charge in [0.15, 0.2) is 11.5 Å². The molecule has 1 aliphatic heterocycles. The first-order valence-corrected chi connectivity index (χ1v) is 4.19. The van der Waals surface area contributed by atoms with Crippen molar-refractivity contribution < 1.29 is 14.2 Å². The van der Waals surface area contributed by atoms with Gasteiger partial charge < -0.3 is 14.2 Å². The predicted molar refractivity (Wildman–Crippen MR) is 48.2 cm³/mol. The normalized spacial score (nSPS) is 19.7. The molecule has 1 aromatic carbocycles. The van der Waals surface area contributed by atoms with E-state index in [9.17, 15) is 0 Å². The van der Waals surface area contributed by atoms with Gasteiger partial charge in [-0.15, -0.1) is 0 Å². The van der Waals surface area contributed by atoms with Crippen LogP contribution < -0.4 is 9.47 Å². The Bertz CT molecular complexity index is 305. The van der Waals surface area contributed by atoms with Crippen molar-refractivity contribution in [2.24, 2.45) is 0 Å².